The molecule has 0 aromatic carbocycles. The number of nitrogens with one attached hydrogen (secondary N) is 1. The summed E-state index contributed by atoms with van der Waals surface area (Å²) in [5, 5.41) is 4.48. The Labute approximate surface area is 127 Å². The molecule has 1 saturated heterocycles. The molecule has 4 nitrogen and oxygen atoms in total. The van der Waals surface area contributed by atoms with E-state index in [4.69, 9.17) is 4.98 Å². The smallest absolute Gasteiger partial charge is 0.185 e. The van der Waals surface area contributed by atoms with Crippen LogP contribution in [0.5, 0.6) is 0 Å². The predicted octanol–water partition coefficient (Wildman–Crippen LogP) is 2.52. The third-order valence-corrected chi connectivity index (χ3v) is 5.25. The molecule has 0 saturated carbocycles. The summed E-state index contributed by atoms with van der Waals surface area (Å²) in [5.41, 5.74) is 1.27. The number of likely N-dealkylation sites (N-methyl/N-ethyl adjacent to an activating group) is 1. The van der Waals surface area contributed by atoms with Gasteiger partial charge < -0.3 is 10.2 Å². The molecule has 1 fully saturated rings. The Morgan fingerprint density at radius 3 is 2.75 bits per heavy atom. The van der Waals surface area contributed by atoms with Gasteiger partial charge in [-0.05, 0) is 26.4 Å². The van der Waals surface area contributed by atoms with Crippen LogP contribution in [0.2, 0.25) is 0 Å². The highest BCUT2D eigenvalue weighted by molar-refractivity contribution is 7.15. The van der Waals surface area contributed by atoms with Crippen LogP contribution in [0.4, 0.5) is 5.13 Å². The Balaban J connectivity index is 2.18. The quantitative estimate of drug-likeness (QED) is 0.905. The van der Waals surface area contributed by atoms with Crippen LogP contribution in [-0.2, 0) is 6.54 Å². The molecule has 0 aliphatic carbocycles. The van der Waals surface area contributed by atoms with Gasteiger partial charge >= 0.3 is 0 Å². The molecule has 1 atom stereocenters. The number of thiazole rings is 1. The second kappa shape index (κ2) is 6.87. The van der Waals surface area contributed by atoms with Gasteiger partial charge in [0.2, 0.25) is 0 Å². The van der Waals surface area contributed by atoms with E-state index in [2.05, 4.69) is 42.9 Å². The van der Waals surface area contributed by atoms with Crippen LogP contribution in [0, 0.1) is 0 Å². The van der Waals surface area contributed by atoms with E-state index in [1.807, 2.05) is 18.4 Å². The van der Waals surface area contributed by atoms with Crippen LogP contribution in [0.3, 0.4) is 0 Å². The Hall–Kier alpha value is -0.650. The third kappa shape index (κ3) is 3.32. The number of rotatable bonds is 5. The highest BCUT2D eigenvalue weighted by Gasteiger charge is 2.26. The summed E-state index contributed by atoms with van der Waals surface area (Å²) in [6.07, 6.45) is 1.21. The molecule has 5 heteroatoms. The number of anilines is 1. The van der Waals surface area contributed by atoms with Crippen molar-refractivity contribution in [3.8, 4) is 0 Å². The van der Waals surface area contributed by atoms with Crippen molar-refractivity contribution in [1.82, 2.24) is 15.2 Å². The maximum Gasteiger partial charge on any atom is 0.185 e. The SMILES string of the molecule is CCC1CN(c2nc(C(C)C)c(CNC)s2)CCN1C. The number of piperazine rings is 1. The van der Waals surface area contributed by atoms with E-state index in [1.165, 1.54) is 22.1 Å². The summed E-state index contributed by atoms with van der Waals surface area (Å²) in [6.45, 7) is 11.0. The van der Waals surface area contributed by atoms with Gasteiger partial charge in [-0.25, -0.2) is 4.98 Å². The lowest BCUT2D eigenvalue weighted by Gasteiger charge is -2.39. The molecule has 0 amide bonds. The molecule has 1 N–H and O–H groups in total. The van der Waals surface area contributed by atoms with Gasteiger partial charge in [-0.15, -0.1) is 11.3 Å². The molecular formula is C15H28N4S. The summed E-state index contributed by atoms with van der Waals surface area (Å²) in [5.74, 6) is 0.498. The molecule has 0 radical (unpaired) electrons. The Bertz CT molecular complexity index is 430. The topological polar surface area (TPSA) is 31.4 Å². The van der Waals surface area contributed by atoms with Crippen LogP contribution in [-0.4, -0.2) is 49.7 Å². The standard InChI is InChI=1S/C15H28N4S/c1-6-12-10-19(8-7-18(12)5)15-17-14(11(2)3)13(20-15)9-16-4/h11-12,16H,6-10H2,1-5H3. The van der Waals surface area contributed by atoms with Crippen LogP contribution < -0.4 is 10.2 Å². The van der Waals surface area contributed by atoms with Crippen molar-refractivity contribution in [2.24, 2.45) is 0 Å². The van der Waals surface area contributed by atoms with E-state index in [0.29, 0.717) is 12.0 Å². The van der Waals surface area contributed by atoms with Gasteiger partial charge in [0.1, 0.15) is 0 Å². The van der Waals surface area contributed by atoms with Crippen molar-refractivity contribution in [1.29, 1.82) is 0 Å². The van der Waals surface area contributed by atoms with Crippen molar-refractivity contribution in [2.45, 2.75) is 45.7 Å². The van der Waals surface area contributed by atoms with Crippen molar-refractivity contribution >= 4 is 16.5 Å². The number of hydrogen-bond donors (Lipinski definition) is 1. The molecule has 2 heterocycles. The van der Waals surface area contributed by atoms with Crippen LogP contribution in [0.25, 0.3) is 0 Å². The zero-order valence-electron chi connectivity index (χ0n) is 13.4. The highest BCUT2D eigenvalue weighted by atomic mass is 32.1. The summed E-state index contributed by atoms with van der Waals surface area (Å²) in [7, 11) is 4.24. The minimum atomic E-state index is 0.498. The van der Waals surface area contributed by atoms with Gasteiger partial charge in [0.15, 0.2) is 5.13 Å². The van der Waals surface area contributed by atoms with Gasteiger partial charge in [0.05, 0.1) is 5.69 Å². The second-order valence-electron chi connectivity index (χ2n) is 5.98. The van der Waals surface area contributed by atoms with E-state index in [-0.39, 0.29) is 0 Å². The van der Waals surface area contributed by atoms with Gasteiger partial charge in [0, 0.05) is 37.1 Å². The minimum Gasteiger partial charge on any atom is -0.345 e. The number of nitrogens with zero attached hydrogens (tertiary/aromatic N) is 3. The Kier molecular flexibility index (Phi) is 5.41. The molecule has 1 aromatic heterocycles. The fraction of sp³-hybridized carbons (Fsp3) is 0.800. The zero-order valence-corrected chi connectivity index (χ0v) is 14.3. The summed E-state index contributed by atoms with van der Waals surface area (Å²) >= 11 is 1.87. The Morgan fingerprint density at radius 1 is 1.40 bits per heavy atom. The Morgan fingerprint density at radius 2 is 2.15 bits per heavy atom. The molecule has 0 spiro atoms. The average Bonchev–Trinajstić information content (AvgIpc) is 2.84. The van der Waals surface area contributed by atoms with Crippen LogP contribution in [0.15, 0.2) is 0 Å². The molecule has 1 aliphatic rings. The first-order valence-corrected chi connectivity index (χ1v) is 8.47. The maximum atomic E-state index is 4.93. The maximum absolute atomic E-state index is 4.93. The lowest BCUT2D eigenvalue weighted by atomic mass is 10.1. The predicted molar refractivity (Wildman–Crippen MR) is 87.9 cm³/mol. The molecule has 2 rings (SSSR count). The van der Waals surface area contributed by atoms with E-state index in [0.717, 1.165) is 26.2 Å². The lowest BCUT2D eigenvalue weighted by Crippen LogP contribution is -2.51. The molecule has 1 aromatic rings. The summed E-state index contributed by atoms with van der Waals surface area (Å²) < 4.78 is 0. The van der Waals surface area contributed by atoms with Crippen molar-refractivity contribution in [3.63, 3.8) is 0 Å². The second-order valence-corrected chi connectivity index (χ2v) is 7.04. The normalized spacial score (nSPS) is 20.9. The van der Waals surface area contributed by atoms with Crippen LogP contribution in [0.1, 0.15) is 43.7 Å². The van der Waals surface area contributed by atoms with E-state index in [9.17, 15) is 0 Å². The fourth-order valence-electron chi connectivity index (χ4n) is 2.78. The van der Waals surface area contributed by atoms with Crippen LogP contribution >= 0.6 is 11.3 Å². The minimum absolute atomic E-state index is 0.498. The fourth-order valence-corrected chi connectivity index (χ4v) is 4.05. The highest BCUT2D eigenvalue weighted by Crippen LogP contribution is 2.32. The van der Waals surface area contributed by atoms with Crippen molar-refractivity contribution in [3.05, 3.63) is 10.6 Å². The monoisotopic (exact) mass is 296 g/mol. The molecule has 1 unspecified atom stereocenters. The number of aromatic nitrogens is 1. The first-order chi connectivity index (χ1) is 9.56. The van der Waals surface area contributed by atoms with Gasteiger partial charge in [-0.3, -0.25) is 4.90 Å². The largest absolute Gasteiger partial charge is 0.345 e. The van der Waals surface area contributed by atoms with Crippen molar-refractivity contribution in [2.75, 3.05) is 38.6 Å². The van der Waals surface area contributed by atoms with E-state index < -0.39 is 0 Å². The van der Waals surface area contributed by atoms with Gasteiger partial charge in [0.25, 0.3) is 0 Å². The lowest BCUT2D eigenvalue weighted by molar-refractivity contribution is 0.213. The molecule has 20 heavy (non-hydrogen) atoms. The van der Waals surface area contributed by atoms with Gasteiger partial charge in [-0.1, -0.05) is 20.8 Å². The molecule has 114 valence electrons. The molecule has 1 aliphatic heterocycles. The van der Waals surface area contributed by atoms with E-state index in [1.54, 1.807) is 0 Å². The zero-order chi connectivity index (χ0) is 14.7. The molecule has 0 bridgehead atoms. The summed E-state index contributed by atoms with van der Waals surface area (Å²) in [4.78, 5) is 11.3. The summed E-state index contributed by atoms with van der Waals surface area (Å²) in [6, 6.07) is 0.655. The molecular weight excluding hydrogens is 268 g/mol. The first-order valence-electron chi connectivity index (χ1n) is 7.66. The number of hydrogen-bond acceptors (Lipinski definition) is 5. The van der Waals surface area contributed by atoms with Gasteiger partial charge in [-0.2, -0.15) is 0 Å². The first kappa shape index (κ1) is 15.7. The third-order valence-electron chi connectivity index (χ3n) is 4.12. The average molecular weight is 296 g/mol. The van der Waals surface area contributed by atoms with E-state index >= 15 is 0 Å². The van der Waals surface area contributed by atoms with Crippen molar-refractivity contribution < 1.29 is 0 Å².